The van der Waals surface area contributed by atoms with E-state index >= 15 is 0 Å². The summed E-state index contributed by atoms with van der Waals surface area (Å²) in [5.74, 6) is -0.366. The van der Waals surface area contributed by atoms with Crippen molar-refractivity contribution in [1.82, 2.24) is 19.0 Å². The Morgan fingerprint density at radius 3 is 2.35 bits per heavy atom. The van der Waals surface area contributed by atoms with Crippen molar-refractivity contribution in [1.29, 1.82) is 0 Å². The minimum atomic E-state index is -0.770. The fourth-order valence-corrected chi connectivity index (χ4v) is 5.17. The minimum absolute atomic E-state index is 0.0715. The van der Waals surface area contributed by atoms with Crippen molar-refractivity contribution in [3.05, 3.63) is 61.3 Å². The van der Waals surface area contributed by atoms with Gasteiger partial charge in [0.05, 0.1) is 12.1 Å². The molecule has 11 nitrogen and oxygen atoms in total. The van der Waals surface area contributed by atoms with Crippen LogP contribution >= 0.6 is 11.6 Å². The molecule has 2 amide bonds. The summed E-state index contributed by atoms with van der Waals surface area (Å²) >= 11 is 6.48. The number of primary amides is 1. The van der Waals surface area contributed by atoms with Gasteiger partial charge in [0.2, 0.25) is 0 Å². The van der Waals surface area contributed by atoms with E-state index in [0.29, 0.717) is 36.8 Å². The van der Waals surface area contributed by atoms with Crippen LogP contribution in [0.25, 0.3) is 11.0 Å². The summed E-state index contributed by atoms with van der Waals surface area (Å²) in [6, 6.07) is 6.93. The molecule has 1 aromatic carbocycles. The monoisotopic (exact) mass is 574 g/mol. The van der Waals surface area contributed by atoms with E-state index in [0.717, 1.165) is 10.1 Å². The molecule has 1 aliphatic rings. The molecular weight excluding hydrogens is 536 g/mol. The van der Waals surface area contributed by atoms with E-state index in [-0.39, 0.29) is 29.2 Å². The van der Waals surface area contributed by atoms with Crippen molar-refractivity contribution in [2.75, 3.05) is 18.0 Å². The van der Waals surface area contributed by atoms with Gasteiger partial charge in [0.1, 0.15) is 22.5 Å². The summed E-state index contributed by atoms with van der Waals surface area (Å²) in [6.07, 6.45) is 0.864. The van der Waals surface area contributed by atoms with Gasteiger partial charge in [-0.05, 0) is 45.2 Å². The summed E-state index contributed by atoms with van der Waals surface area (Å²) in [5.41, 5.74) is 5.24. The number of aromatic nitrogens is 3. The fraction of sp³-hybridized carbons (Fsp3) is 0.500. The van der Waals surface area contributed by atoms with Crippen LogP contribution in [0.1, 0.15) is 63.4 Å². The van der Waals surface area contributed by atoms with Gasteiger partial charge < -0.3 is 25.3 Å². The molecule has 1 fully saturated rings. The predicted octanol–water partition coefficient (Wildman–Crippen LogP) is 3.36. The van der Waals surface area contributed by atoms with Gasteiger partial charge in [-0.1, -0.05) is 43.6 Å². The predicted molar refractivity (Wildman–Crippen MR) is 157 cm³/mol. The highest BCUT2D eigenvalue weighted by Gasteiger charge is 2.33. The second-order valence-corrected chi connectivity index (χ2v) is 11.0. The molecule has 1 saturated heterocycles. The zero-order valence-corrected chi connectivity index (χ0v) is 25.0. The molecule has 40 heavy (non-hydrogen) atoms. The third-order valence-corrected chi connectivity index (χ3v) is 6.97. The number of alkyl carbamates (subject to hydrolysis) is 1. The summed E-state index contributed by atoms with van der Waals surface area (Å²) in [7, 11) is 2.89. The maximum atomic E-state index is 13.5. The van der Waals surface area contributed by atoms with Crippen molar-refractivity contribution < 1.29 is 14.3 Å². The molecule has 2 aromatic heterocycles. The van der Waals surface area contributed by atoms with Crippen LogP contribution in [0.15, 0.2) is 33.9 Å². The first kappa shape index (κ1) is 30.8. The number of rotatable bonds is 5. The number of benzene rings is 1. The molecule has 3 aromatic rings. The topological polar surface area (TPSA) is 134 Å². The number of ether oxygens (including phenoxy) is 1. The number of anilines is 1. The van der Waals surface area contributed by atoms with E-state index in [2.05, 4.69) is 5.32 Å². The molecule has 0 radical (unpaired) electrons. The zero-order valence-electron chi connectivity index (χ0n) is 24.2. The normalized spacial score (nSPS) is 15.4. The number of nitrogens with zero attached hydrogens (tertiary/aromatic N) is 4. The molecule has 0 saturated carbocycles. The van der Waals surface area contributed by atoms with Crippen LogP contribution in [0.4, 0.5) is 10.6 Å². The molecule has 0 spiro atoms. The third-order valence-electron chi connectivity index (χ3n) is 6.60. The second kappa shape index (κ2) is 12.2. The lowest BCUT2D eigenvalue weighted by Crippen LogP contribution is -2.49. The average molecular weight is 575 g/mol. The number of aryl methyl sites for hydroxylation is 1. The van der Waals surface area contributed by atoms with Crippen molar-refractivity contribution in [2.24, 2.45) is 19.8 Å². The van der Waals surface area contributed by atoms with Crippen LogP contribution in [0.5, 0.6) is 0 Å². The highest BCUT2D eigenvalue weighted by molar-refractivity contribution is 6.31. The van der Waals surface area contributed by atoms with E-state index in [1.807, 2.05) is 30.9 Å². The lowest BCUT2D eigenvalue weighted by Gasteiger charge is -2.36. The molecule has 0 unspecified atom stereocenters. The molecule has 4 rings (SSSR count). The first-order valence-corrected chi connectivity index (χ1v) is 13.8. The van der Waals surface area contributed by atoms with Crippen LogP contribution in [0.2, 0.25) is 5.02 Å². The number of nitrogens with one attached hydrogen (secondary N) is 1. The van der Waals surface area contributed by atoms with E-state index in [1.54, 1.807) is 37.5 Å². The minimum Gasteiger partial charge on any atom is -0.444 e. The van der Waals surface area contributed by atoms with Gasteiger partial charge in [0, 0.05) is 38.2 Å². The quantitative estimate of drug-likeness (QED) is 0.480. The zero-order chi connectivity index (χ0) is 29.9. The Morgan fingerprint density at radius 1 is 1.10 bits per heavy atom. The maximum absolute atomic E-state index is 13.5. The van der Waals surface area contributed by atoms with Gasteiger partial charge >= 0.3 is 11.8 Å². The van der Waals surface area contributed by atoms with Gasteiger partial charge in [-0.2, -0.15) is 0 Å². The number of fused-ring (bicyclic) bond motifs is 1. The van der Waals surface area contributed by atoms with Crippen LogP contribution in [-0.4, -0.2) is 50.4 Å². The van der Waals surface area contributed by atoms with Gasteiger partial charge in [0.15, 0.2) is 0 Å². The average Bonchev–Trinajstić information content (AvgIpc) is 3.23. The van der Waals surface area contributed by atoms with Crippen LogP contribution < -0.4 is 27.2 Å². The second-order valence-electron chi connectivity index (χ2n) is 10.6. The molecule has 0 aliphatic carbocycles. The Hall–Kier alpha value is -3.73. The highest BCUT2D eigenvalue weighted by atomic mass is 35.5. The van der Waals surface area contributed by atoms with E-state index < -0.39 is 28.9 Å². The molecule has 1 aliphatic heterocycles. The molecule has 218 valence electrons. The number of carbonyl (C=O) groups is 2. The number of carbonyl (C=O) groups excluding carboxylic acids is 2. The number of nitrogens with two attached hydrogens (primary N) is 1. The van der Waals surface area contributed by atoms with Crippen LogP contribution in [0.3, 0.4) is 0 Å². The first-order valence-electron chi connectivity index (χ1n) is 13.4. The fourth-order valence-electron chi connectivity index (χ4n) is 4.97. The summed E-state index contributed by atoms with van der Waals surface area (Å²) in [6.45, 7) is 10.4. The Kier molecular flexibility index (Phi) is 9.40. The molecule has 0 bridgehead atoms. The first-order chi connectivity index (χ1) is 18.8. The van der Waals surface area contributed by atoms with Gasteiger partial charge in [-0.3, -0.25) is 18.7 Å². The maximum Gasteiger partial charge on any atom is 0.407 e. The van der Waals surface area contributed by atoms with E-state index in [1.165, 1.54) is 18.7 Å². The van der Waals surface area contributed by atoms with Crippen LogP contribution in [0, 0.1) is 0 Å². The number of amides is 2. The Morgan fingerprint density at radius 2 is 1.75 bits per heavy atom. The van der Waals surface area contributed by atoms with Crippen LogP contribution in [-0.2, 0) is 25.4 Å². The highest BCUT2D eigenvalue weighted by Crippen LogP contribution is 2.34. The number of piperidine rings is 1. The van der Waals surface area contributed by atoms with Gasteiger partial charge in [0.25, 0.3) is 11.5 Å². The lowest BCUT2D eigenvalue weighted by atomic mass is 10.1. The van der Waals surface area contributed by atoms with Gasteiger partial charge in [-0.15, -0.1) is 0 Å². The number of halogens is 1. The van der Waals surface area contributed by atoms with Crippen molar-refractivity contribution in [3.63, 3.8) is 0 Å². The molecule has 1 atom stereocenters. The SMILES string of the molecule is CC.Cn1c(=O)c2c(c(C(N)=O)c(N3CCC[C@@H](NC(=O)OC(C)(C)C)C3)n2Cc2ccccc2Cl)n(C)c1=O. The lowest BCUT2D eigenvalue weighted by molar-refractivity contribution is 0.0499. The molecular formula is C28H39ClN6O5. The smallest absolute Gasteiger partial charge is 0.407 e. The molecule has 3 N–H and O–H groups in total. The Labute approximate surface area is 238 Å². The Bertz CT molecular complexity index is 1530. The van der Waals surface area contributed by atoms with Crippen molar-refractivity contribution in [2.45, 2.75) is 65.6 Å². The summed E-state index contributed by atoms with van der Waals surface area (Å²) in [4.78, 5) is 53.6. The van der Waals surface area contributed by atoms with Crippen molar-refractivity contribution in [3.8, 4) is 0 Å². The van der Waals surface area contributed by atoms with Gasteiger partial charge in [-0.25, -0.2) is 9.59 Å². The third kappa shape index (κ3) is 6.19. The van der Waals surface area contributed by atoms with E-state index in [4.69, 9.17) is 22.1 Å². The molecule has 3 heterocycles. The molecule has 12 heteroatoms. The number of hydrogen-bond acceptors (Lipinski definition) is 6. The number of hydrogen-bond donors (Lipinski definition) is 2. The van der Waals surface area contributed by atoms with E-state index in [9.17, 15) is 19.2 Å². The van der Waals surface area contributed by atoms with Crippen molar-refractivity contribution >= 4 is 40.5 Å². The Balaban J connectivity index is 0.00000216. The largest absolute Gasteiger partial charge is 0.444 e. The summed E-state index contributed by atoms with van der Waals surface area (Å²) < 4.78 is 9.39. The standard InChI is InChI=1S/C26H33ClN6O5.C2H6/c1-26(2,3)38-24(36)29-16-10-8-12-32(14-16)22-18(21(28)34)19-20(23(35)31(5)25(37)30(19)4)33(22)13-15-9-6-7-11-17(15)27;1-2/h6-7,9,11,16H,8,10,12-14H2,1-5H3,(H2,28,34)(H,29,36);1-2H3/t16-;/m1./s1. The summed E-state index contributed by atoms with van der Waals surface area (Å²) in [5, 5.41) is 3.40.